The zero-order valence-electron chi connectivity index (χ0n) is 26.0. The van der Waals surface area contributed by atoms with E-state index in [-0.39, 0.29) is 60.3 Å². The van der Waals surface area contributed by atoms with Gasteiger partial charge in [0.05, 0.1) is 28.9 Å². The molecule has 1 saturated carbocycles. The second-order valence-corrected chi connectivity index (χ2v) is 16.0. The van der Waals surface area contributed by atoms with Crippen molar-refractivity contribution in [3.8, 4) is 0 Å². The molecule has 0 radical (unpaired) electrons. The van der Waals surface area contributed by atoms with E-state index in [0.717, 1.165) is 6.07 Å². The van der Waals surface area contributed by atoms with Gasteiger partial charge in [-0.3, -0.25) is 9.79 Å². The Kier molecular flexibility index (Phi) is 10.2. The van der Waals surface area contributed by atoms with E-state index >= 15 is 0 Å². The number of halogens is 3. The fraction of sp³-hybridized carbons (Fsp3) is 0.548. The molecule has 2 aromatic rings. The zero-order valence-corrected chi connectivity index (χ0v) is 28.4. The maximum Gasteiger partial charge on any atom is 0.338 e. The molecule has 5 rings (SSSR count). The van der Waals surface area contributed by atoms with Crippen LogP contribution < -0.4 is 5.32 Å². The molecule has 2 fully saturated rings. The van der Waals surface area contributed by atoms with Crippen LogP contribution in [0, 0.1) is 29.4 Å². The van der Waals surface area contributed by atoms with Crippen molar-refractivity contribution < 1.29 is 36.3 Å². The predicted octanol–water partition coefficient (Wildman–Crippen LogP) is 5.39. The van der Waals surface area contributed by atoms with Gasteiger partial charge >= 0.3 is 11.9 Å². The molecule has 0 amide bonds. The average Bonchev–Trinajstić information content (AvgIpc) is 3.52. The number of piperidine rings is 1. The lowest BCUT2D eigenvalue weighted by Gasteiger charge is -2.38. The Morgan fingerprint density at radius 3 is 2.48 bits per heavy atom. The van der Waals surface area contributed by atoms with Gasteiger partial charge in [-0.1, -0.05) is 17.7 Å². The number of hydrogen-bond acceptors (Lipinski definition) is 10. The summed E-state index contributed by atoms with van der Waals surface area (Å²) in [5.41, 5.74) is 0.0459. The SMILES string of the molecule is CCOC(=O)C1=C(C2CCN(S(=O)(=O)CC3CC(C(=O)OC(C)(C)C)C3)CC2)NC(c2nccs2)=NC1c1ccc(F)c(F)c1Cl. The van der Waals surface area contributed by atoms with Gasteiger partial charge in [0.2, 0.25) is 10.0 Å². The monoisotopic (exact) mass is 698 g/mol. The van der Waals surface area contributed by atoms with Crippen LogP contribution in [0.25, 0.3) is 0 Å². The van der Waals surface area contributed by atoms with Crippen LogP contribution in [-0.2, 0) is 29.1 Å². The standard InChI is InChI=1S/C31H37ClF2N4O6S2/c1-5-43-30(40)22-25(36-27(28-35-10-13-45-28)37-26(22)20-6-7-21(33)24(34)23(20)32)18-8-11-38(12-9-18)46(41,42)16-17-14-19(15-17)29(39)44-31(2,3)4/h6-7,10,13,17-19,26H,5,8-9,11-12,14-16H2,1-4H3,(H,36,37). The Bertz CT molecular complexity index is 1650. The highest BCUT2D eigenvalue weighted by Gasteiger charge is 2.42. The van der Waals surface area contributed by atoms with Gasteiger partial charge in [-0.2, -0.15) is 0 Å². The quantitative estimate of drug-likeness (QED) is 0.273. The number of rotatable bonds is 9. The lowest BCUT2D eigenvalue weighted by Crippen LogP contribution is -2.46. The van der Waals surface area contributed by atoms with E-state index in [9.17, 15) is 26.8 Å². The Hall–Kier alpha value is -2.94. The largest absolute Gasteiger partial charge is 0.463 e. The number of allylic oxidation sites excluding steroid dienone is 1. The van der Waals surface area contributed by atoms with Gasteiger partial charge in [0, 0.05) is 41.8 Å². The number of ether oxygens (including phenoxy) is 2. The van der Waals surface area contributed by atoms with Crippen LogP contribution in [0.1, 0.15) is 70.0 Å². The van der Waals surface area contributed by atoms with Crippen molar-refractivity contribution in [2.24, 2.45) is 22.7 Å². The number of nitrogens with one attached hydrogen (secondary N) is 1. The molecule has 0 bridgehead atoms. The number of carbonyl (C=O) groups excluding carboxylic acids is 2. The fourth-order valence-electron chi connectivity index (χ4n) is 6.02. The van der Waals surface area contributed by atoms with Crippen LogP contribution >= 0.6 is 22.9 Å². The fourth-order valence-corrected chi connectivity index (χ4v) is 8.71. The minimum Gasteiger partial charge on any atom is -0.463 e. The van der Waals surface area contributed by atoms with E-state index < -0.39 is 44.3 Å². The summed E-state index contributed by atoms with van der Waals surface area (Å²) in [4.78, 5) is 34.8. The second-order valence-electron chi connectivity index (χ2n) is 12.7. The van der Waals surface area contributed by atoms with Crippen molar-refractivity contribution >= 4 is 50.7 Å². The normalized spacial score (nSPS) is 22.9. The molecule has 1 N–H and O–H groups in total. The predicted molar refractivity (Wildman–Crippen MR) is 170 cm³/mol. The molecule has 1 saturated heterocycles. The van der Waals surface area contributed by atoms with Crippen molar-refractivity contribution in [3.63, 3.8) is 0 Å². The molecule has 15 heteroatoms. The van der Waals surface area contributed by atoms with Crippen LogP contribution in [0.2, 0.25) is 5.02 Å². The first kappa shape index (κ1) is 34.4. The van der Waals surface area contributed by atoms with E-state index in [0.29, 0.717) is 42.2 Å². The Morgan fingerprint density at radius 2 is 1.87 bits per heavy atom. The summed E-state index contributed by atoms with van der Waals surface area (Å²) in [5.74, 6) is -3.85. The molecule has 3 aliphatic rings. The molecule has 250 valence electrons. The number of sulfonamides is 1. The topological polar surface area (TPSA) is 127 Å². The van der Waals surface area contributed by atoms with Crippen LogP contribution in [-0.4, -0.2) is 66.5 Å². The van der Waals surface area contributed by atoms with Crippen molar-refractivity contribution in [1.29, 1.82) is 0 Å². The third kappa shape index (κ3) is 7.45. The smallest absolute Gasteiger partial charge is 0.338 e. The molecule has 46 heavy (non-hydrogen) atoms. The van der Waals surface area contributed by atoms with Gasteiger partial charge in [0.25, 0.3) is 0 Å². The highest BCUT2D eigenvalue weighted by atomic mass is 35.5. The van der Waals surface area contributed by atoms with E-state index in [1.807, 2.05) is 0 Å². The van der Waals surface area contributed by atoms with Crippen LogP contribution in [0.15, 0.2) is 40.0 Å². The molecule has 1 unspecified atom stereocenters. The van der Waals surface area contributed by atoms with Crippen molar-refractivity contribution in [1.82, 2.24) is 14.6 Å². The highest BCUT2D eigenvalue weighted by molar-refractivity contribution is 7.89. The molecular formula is C31H37ClF2N4O6S2. The van der Waals surface area contributed by atoms with E-state index in [1.54, 1.807) is 39.3 Å². The maximum atomic E-state index is 14.6. The summed E-state index contributed by atoms with van der Waals surface area (Å²) in [5, 5.41) is 5.01. The van der Waals surface area contributed by atoms with Gasteiger partial charge in [0.15, 0.2) is 22.5 Å². The second kappa shape index (κ2) is 13.7. The lowest BCUT2D eigenvalue weighted by atomic mass is 9.76. The minimum absolute atomic E-state index is 0.0520. The molecule has 2 aliphatic heterocycles. The Balaban J connectivity index is 1.37. The number of thiazole rings is 1. The summed E-state index contributed by atoms with van der Waals surface area (Å²) in [6.07, 6.45) is 3.28. The van der Waals surface area contributed by atoms with Crippen LogP contribution in [0.4, 0.5) is 8.78 Å². The number of esters is 2. The molecule has 3 heterocycles. The zero-order chi connectivity index (χ0) is 33.4. The number of carbonyl (C=O) groups is 2. The van der Waals surface area contributed by atoms with E-state index in [4.69, 9.17) is 21.1 Å². The minimum atomic E-state index is -3.61. The van der Waals surface area contributed by atoms with Gasteiger partial charge in [0.1, 0.15) is 11.6 Å². The molecule has 1 aliphatic carbocycles. The summed E-state index contributed by atoms with van der Waals surface area (Å²) in [7, 11) is -3.61. The first-order valence-corrected chi connectivity index (χ1v) is 18.0. The molecular weight excluding hydrogens is 662 g/mol. The lowest BCUT2D eigenvalue weighted by molar-refractivity contribution is -0.164. The van der Waals surface area contributed by atoms with Gasteiger partial charge in [-0.05, 0) is 65.4 Å². The number of hydrogen-bond donors (Lipinski definition) is 1. The molecule has 1 aromatic carbocycles. The van der Waals surface area contributed by atoms with Crippen LogP contribution in [0.5, 0.6) is 0 Å². The number of benzene rings is 1. The summed E-state index contributed by atoms with van der Waals surface area (Å²) in [6, 6.07) is 1.09. The molecule has 1 aromatic heterocycles. The van der Waals surface area contributed by atoms with Crippen LogP contribution in [0.3, 0.4) is 0 Å². The molecule has 1 atom stereocenters. The molecule has 0 spiro atoms. The van der Waals surface area contributed by atoms with Crippen molar-refractivity contribution in [2.45, 2.75) is 65.0 Å². The summed E-state index contributed by atoms with van der Waals surface area (Å²) in [6.45, 7) is 7.52. The first-order valence-electron chi connectivity index (χ1n) is 15.2. The van der Waals surface area contributed by atoms with E-state index in [1.165, 1.54) is 21.7 Å². The Morgan fingerprint density at radius 1 is 1.17 bits per heavy atom. The average molecular weight is 699 g/mol. The van der Waals surface area contributed by atoms with Gasteiger partial charge in [-0.25, -0.2) is 31.3 Å². The number of amidine groups is 1. The highest BCUT2D eigenvalue weighted by Crippen LogP contribution is 2.42. The molecule has 10 nitrogen and oxygen atoms in total. The summed E-state index contributed by atoms with van der Waals surface area (Å²) < 4.78 is 67.7. The van der Waals surface area contributed by atoms with E-state index in [2.05, 4.69) is 15.3 Å². The third-order valence-corrected chi connectivity index (χ3v) is 11.5. The number of aliphatic imine (C=N–C) groups is 1. The van der Waals surface area contributed by atoms with Crippen molar-refractivity contribution in [2.75, 3.05) is 25.4 Å². The summed E-state index contributed by atoms with van der Waals surface area (Å²) >= 11 is 7.58. The van der Waals surface area contributed by atoms with Gasteiger partial charge < -0.3 is 14.8 Å². The van der Waals surface area contributed by atoms with Gasteiger partial charge in [-0.15, -0.1) is 11.3 Å². The maximum absolute atomic E-state index is 14.6. The van der Waals surface area contributed by atoms with Crippen molar-refractivity contribution in [3.05, 3.63) is 62.2 Å². The number of nitrogens with zero attached hydrogens (tertiary/aromatic N) is 3. The number of aromatic nitrogens is 1. The Labute approximate surface area is 276 Å². The first-order chi connectivity index (χ1) is 21.7. The third-order valence-electron chi connectivity index (χ3n) is 8.24.